The van der Waals surface area contributed by atoms with Gasteiger partial charge in [0.15, 0.2) is 83.4 Å². The molecule has 15 rings (SSSR count). The fourth-order valence-corrected chi connectivity index (χ4v) is 21.8. The highest BCUT2D eigenvalue weighted by Crippen LogP contribution is 2.69. The zero-order valence-corrected chi connectivity index (χ0v) is 70.3. The first-order valence-electron chi connectivity index (χ1n) is 42.1. The van der Waals surface area contributed by atoms with Crippen LogP contribution in [0.1, 0.15) is 217 Å². The Morgan fingerprint density at radius 1 is 0.496 bits per heavy atom. The van der Waals surface area contributed by atoms with Crippen LogP contribution in [0.2, 0.25) is 0 Å². The minimum Gasteiger partial charge on any atom is -0.507 e. The van der Waals surface area contributed by atoms with E-state index in [4.69, 9.17) is 75.8 Å². The van der Waals surface area contributed by atoms with Crippen LogP contribution in [-0.4, -0.2) is 325 Å². The number of hydrogen-bond donors (Lipinski definition) is 16. The Morgan fingerprint density at radius 3 is 1.54 bits per heavy atom. The van der Waals surface area contributed by atoms with E-state index in [1.807, 2.05) is 0 Å². The molecule has 5 aliphatic carbocycles. The molecule has 0 radical (unpaired) electrons. The summed E-state index contributed by atoms with van der Waals surface area (Å²) in [6, 6.07) is 1.24. The number of carbonyl (C=O) groups is 6. The quantitative estimate of drug-likeness (QED) is 0.0632. The van der Waals surface area contributed by atoms with Crippen molar-refractivity contribution in [3.05, 3.63) is 50.8 Å². The highest BCUT2D eigenvalue weighted by Gasteiger charge is 2.82. The number of phenols is 4. The van der Waals surface area contributed by atoms with Gasteiger partial charge in [-0.25, -0.2) is 0 Å². The standard InChI is InChI=1S/C85H112O38/c1-14-21-81(104)78(121-45-18-16-42(29(3)111-45)117-47-20-23-80(103,33(7)86)35(9)115-47)68(99)71(119-48-26-40(88)60(91)31(5)113-48)39-25-37-24-38-52(62(93)51(37)76(101)84(39,81)106)63(94)56(74(110-13)70(38)108-11)55-64(95)53-54(67(98)73(55)109-12)65(96)57-58(66(53)97)77(102)85(107)59-72(57)123-82(85,22-15-2)79(69(100)75(59)120-49-27-41(89)61(92)32(6)114-49)122-46-19-17-43(30(4)112-46)118-50-28-44(90)83(105,34(8)87)36(10)116-50/h24,29-32,35-36,39-50,59-61,68-69,71-72,75,78-79,88-94,96-97,99-100,103-107H,14-23,25-28H2,1-13H3/t29-,30-,31+,32+,35-,36-,39-,40-,41-,42+,43+,44+,45+,46+,47-,48+,49-,50-,59-,60+,61+,68+,69-,71-,72+,75+,78-,79+,80+,81-,82+,83+,84+,85-/m1/s1. The van der Waals surface area contributed by atoms with Gasteiger partial charge in [-0.15, -0.1) is 0 Å². The van der Waals surface area contributed by atoms with Crippen LogP contribution in [0.15, 0.2) is 11.8 Å². The van der Waals surface area contributed by atoms with E-state index in [0.29, 0.717) is 0 Å². The second-order valence-corrected chi connectivity index (χ2v) is 35.2. The van der Waals surface area contributed by atoms with Gasteiger partial charge < -0.3 is 157 Å². The third-order valence-electron chi connectivity index (χ3n) is 28.3. The van der Waals surface area contributed by atoms with E-state index in [0.717, 1.165) is 28.3 Å². The number of methoxy groups -OCH3 is 3. The van der Waals surface area contributed by atoms with Crippen LogP contribution < -0.4 is 9.47 Å². The molecule has 34 atom stereocenters. The van der Waals surface area contributed by atoms with Gasteiger partial charge in [0.25, 0.3) is 0 Å². The number of benzene rings is 3. The Bertz CT molecular complexity index is 4670. The van der Waals surface area contributed by atoms with E-state index >= 15 is 19.2 Å². The van der Waals surface area contributed by atoms with Crippen molar-refractivity contribution in [1.29, 1.82) is 0 Å². The number of carbonyl (C=O) groups excluding carboxylic acids is 6. The molecule has 4 bridgehead atoms. The average molecular weight is 1740 g/mol. The highest BCUT2D eigenvalue weighted by molar-refractivity contribution is 6.43. The van der Waals surface area contributed by atoms with Gasteiger partial charge in [0, 0.05) is 55.4 Å². The van der Waals surface area contributed by atoms with Crippen molar-refractivity contribution < 1.29 is 186 Å². The number of aromatic hydroxyl groups is 4. The predicted octanol–water partition coefficient (Wildman–Crippen LogP) is 1.37. The van der Waals surface area contributed by atoms with E-state index in [9.17, 15) is 91.3 Å². The fourth-order valence-electron chi connectivity index (χ4n) is 21.8. The normalized spacial score (nSPS) is 43.5. The fraction of sp³-hybridized carbons (Fsp3) is 0.718. The lowest BCUT2D eigenvalue weighted by molar-refractivity contribution is -0.358. The molecule has 7 saturated heterocycles. The zero-order valence-electron chi connectivity index (χ0n) is 70.3. The maximum atomic E-state index is 16.4. The summed E-state index contributed by atoms with van der Waals surface area (Å²) in [5.74, 6) is -17.7. The van der Waals surface area contributed by atoms with Crippen molar-refractivity contribution in [1.82, 2.24) is 0 Å². The molecule has 680 valence electrons. The van der Waals surface area contributed by atoms with E-state index in [1.165, 1.54) is 33.8 Å². The Kier molecular flexibility index (Phi) is 24.5. The summed E-state index contributed by atoms with van der Waals surface area (Å²) in [6.45, 7) is 14.7. The molecule has 3 aromatic rings. The van der Waals surface area contributed by atoms with Crippen molar-refractivity contribution >= 4 is 51.0 Å². The molecule has 38 nitrogen and oxygen atoms in total. The number of Topliss-reactive ketones (excluding diaryl/α,β-unsaturated/α-hetero) is 6. The van der Waals surface area contributed by atoms with Gasteiger partial charge in [-0.05, 0) is 106 Å². The van der Waals surface area contributed by atoms with Crippen LogP contribution >= 0.6 is 0 Å². The van der Waals surface area contributed by atoms with Crippen LogP contribution in [0, 0.1) is 11.8 Å². The summed E-state index contributed by atoms with van der Waals surface area (Å²) in [5.41, 5.74) is -22.3. The van der Waals surface area contributed by atoms with E-state index in [1.54, 1.807) is 34.6 Å². The van der Waals surface area contributed by atoms with Gasteiger partial charge in [-0.3, -0.25) is 28.8 Å². The van der Waals surface area contributed by atoms with Crippen LogP contribution in [0.5, 0.6) is 34.5 Å². The minimum atomic E-state index is -3.22. The van der Waals surface area contributed by atoms with Crippen LogP contribution in [0.3, 0.4) is 0 Å². The molecule has 0 aromatic heterocycles. The maximum Gasteiger partial charge on any atom is 0.232 e. The number of ketones is 6. The molecule has 123 heavy (non-hydrogen) atoms. The second-order valence-electron chi connectivity index (χ2n) is 35.2. The smallest absolute Gasteiger partial charge is 0.232 e. The number of aliphatic hydroxyl groups excluding tert-OH is 7. The molecular formula is C85H112O38. The van der Waals surface area contributed by atoms with E-state index in [2.05, 4.69) is 0 Å². The summed E-state index contributed by atoms with van der Waals surface area (Å²) < 4.78 is 100. The van der Waals surface area contributed by atoms with Crippen LogP contribution in [-0.2, 0) is 82.3 Å². The number of fused-ring (bicyclic) bond motifs is 6. The van der Waals surface area contributed by atoms with Crippen molar-refractivity contribution in [2.24, 2.45) is 11.8 Å². The summed E-state index contributed by atoms with van der Waals surface area (Å²) in [5, 5.41) is 196. The molecule has 12 aliphatic rings. The van der Waals surface area contributed by atoms with Crippen molar-refractivity contribution in [3.63, 3.8) is 0 Å². The van der Waals surface area contributed by atoms with Crippen molar-refractivity contribution in [2.45, 2.75) is 353 Å². The van der Waals surface area contributed by atoms with E-state index < -0.39 is 350 Å². The maximum absolute atomic E-state index is 16.4. The molecule has 0 spiro atoms. The Balaban J connectivity index is 0.797. The zero-order chi connectivity index (χ0) is 89.4. The topological polar surface area (TPSA) is 574 Å². The molecular weight excluding hydrogens is 1630 g/mol. The summed E-state index contributed by atoms with van der Waals surface area (Å²) in [7, 11) is 3.06. The molecule has 2 saturated carbocycles. The molecule has 0 amide bonds. The summed E-state index contributed by atoms with van der Waals surface area (Å²) >= 11 is 0. The molecule has 16 N–H and O–H groups in total. The monoisotopic (exact) mass is 1740 g/mol. The van der Waals surface area contributed by atoms with Gasteiger partial charge in [-0.2, -0.15) is 0 Å². The average Bonchev–Trinajstić information content (AvgIpc) is 1.53. The highest BCUT2D eigenvalue weighted by atomic mass is 16.8. The molecule has 7 heterocycles. The first-order valence-corrected chi connectivity index (χ1v) is 42.1. The molecule has 7 aliphatic heterocycles. The summed E-state index contributed by atoms with van der Waals surface area (Å²) in [4.78, 5) is 89.6. The third-order valence-corrected chi connectivity index (χ3v) is 28.3. The lowest BCUT2D eigenvalue weighted by Gasteiger charge is -2.60. The molecule has 3 aromatic carbocycles. The lowest BCUT2D eigenvalue weighted by Crippen LogP contribution is -2.80. The van der Waals surface area contributed by atoms with Crippen molar-refractivity contribution in [2.75, 3.05) is 21.3 Å². The van der Waals surface area contributed by atoms with Gasteiger partial charge in [-0.1, -0.05) is 26.7 Å². The van der Waals surface area contributed by atoms with Crippen LogP contribution in [0.4, 0.5) is 0 Å². The Hall–Kier alpha value is -6.72. The minimum absolute atomic E-state index is 0.0147. The number of ether oxygens (including phenoxy) is 16. The number of aliphatic hydroxyl groups is 12. The molecule has 0 unspecified atom stereocenters. The van der Waals surface area contributed by atoms with Gasteiger partial charge in [0.1, 0.15) is 76.4 Å². The van der Waals surface area contributed by atoms with Crippen LogP contribution in [0.25, 0.3) is 16.3 Å². The molecule has 38 heteroatoms. The Labute approximate surface area is 705 Å². The molecule has 9 fully saturated rings. The number of rotatable bonds is 22. The number of phenolic OH excluding ortho intramolecular Hbond substituents is 4. The van der Waals surface area contributed by atoms with E-state index in [-0.39, 0.29) is 75.2 Å². The van der Waals surface area contributed by atoms with Gasteiger partial charge in [0.2, 0.25) is 23.1 Å². The number of hydrogen-bond acceptors (Lipinski definition) is 38. The predicted molar refractivity (Wildman–Crippen MR) is 413 cm³/mol. The van der Waals surface area contributed by atoms with Crippen molar-refractivity contribution in [3.8, 4) is 34.5 Å². The van der Waals surface area contributed by atoms with Gasteiger partial charge >= 0.3 is 0 Å². The SMILES string of the molecule is CCC[C@@]1(O)[C@H](O[C@H]2CC[C@H](O[C@@H]3CC[C@](O)(C(C)=O)[C@@H](C)O3)[C@@H](C)O2)[C@@H](O)[C@H](O[C@H]2C[C@@H](O)[C@@H](O)[C@H](C)O2)[C@H]2Cc3cc4c(OC)c(OC)c(C5=C(OC)C(=O)c6c(O)c7c(c(O)c6C5=O)C(=O)[C@]5(O)[C@H]6[C@H](O[C@@H]8C[C@@H](O)[C@@H](O)[C@H](C)O8)[C@@H](O)[C@H](O[C@H]8CC[C@H](O[C@@H]9C[C@H](O)[C@](O)(C(C)=O)[C@@H](C)O9)[C@@H](C)O8)[C@]5(CCC)O[C@@H]76)c(O)c4c(O)c3C(=O)[C@@]21O. The first-order chi connectivity index (χ1) is 57.9. The third kappa shape index (κ3) is 13.7. The summed E-state index contributed by atoms with van der Waals surface area (Å²) in [6.07, 6.45) is -38.5. The lowest BCUT2D eigenvalue weighted by atomic mass is 9.53. The number of allylic oxidation sites excluding steroid dienone is 2. The van der Waals surface area contributed by atoms with Gasteiger partial charge in [0.05, 0.1) is 151 Å². The Morgan fingerprint density at radius 2 is 1.01 bits per heavy atom. The second kappa shape index (κ2) is 33.1. The first kappa shape index (κ1) is 91.0. The largest absolute Gasteiger partial charge is 0.507 e.